The van der Waals surface area contributed by atoms with Crippen molar-refractivity contribution in [1.82, 2.24) is 24.7 Å². The molecule has 9 heteroatoms. The molecule has 4 heterocycles. The van der Waals surface area contributed by atoms with Gasteiger partial charge in [0.2, 0.25) is 0 Å². The monoisotopic (exact) mass is 465 g/mol. The summed E-state index contributed by atoms with van der Waals surface area (Å²) in [4.78, 5) is 23.6. The second-order valence-corrected chi connectivity index (χ2v) is 10.2. The summed E-state index contributed by atoms with van der Waals surface area (Å²) in [6.45, 7) is 4.73. The average molecular weight is 466 g/mol. The van der Waals surface area contributed by atoms with E-state index < -0.39 is 0 Å². The van der Waals surface area contributed by atoms with E-state index in [0.717, 1.165) is 26.3 Å². The molecule has 0 aliphatic heterocycles. The summed E-state index contributed by atoms with van der Waals surface area (Å²) in [5.41, 5.74) is 2.06. The minimum absolute atomic E-state index is 0.0927. The van der Waals surface area contributed by atoms with Crippen LogP contribution >= 0.6 is 34.4 Å². The Morgan fingerprint density at radius 1 is 1.10 bits per heavy atom. The molecule has 5 rings (SSSR count). The summed E-state index contributed by atoms with van der Waals surface area (Å²) in [7, 11) is 0. The highest BCUT2D eigenvalue weighted by Crippen LogP contribution is 2.35. The zero-order valence-electron chi connectivity index (χ0n) is 17.0. The lowest BCUT2D eigenvalue weighted by atomic mass is 10.2. The van der Waals surface area contributed by atoms with Gasteiger partial charge < -0.3 is 9.55 Å². The molecule has 0 atom stereocenters. The number of hydrogen-bond acceptors (Lipinski definition) is 7. The van der Waals surface area contributed by atoms with E-state index in [2.05, 4.69) is 50.9 Å². The molecule has 0 aliphatic carbocycles. The molecule has 156 valence electrons. The zero-order chi connectivity index (χ0) is 21.4. The highest BCUT2D eigenvalue weighted by atomic mass is 32.2. The SMILES string of the molecule is Cc1ccc(-c2csc3nc(CSc4nnc(C)n4Cc4ccccc4)[nH]c(=O)c23)s1. The second kappa shape index (κ2) is 8.41. The van der Waals surface area contributed by atoms with Crippen molar-refractivity contribution in [3.05, 3.63) is 80.3 Å². The summed E-state index contributed by atoms with van der Waals surface area (Å²) < 4.78 is 2.08. The Labute approximate surface area is 191 Å². The minimum Gasteiger partial charge on any atom is -0.309 e. The number of hydrogen-bond donors (Lipinski definition) is 1. The van der Waals surface area contributed by atoms with Gasteiger partial charge in [-0.1, -0.05) is 42.1 Å². The van der Waals surface area contributed by atoms with E-state index in [1.807, 2.05) is 30.5 Å². The summed E-state index contributed by atoms with van der Waals surface area (Å²) in [5, 5.41) is 12.1. The molecule has 6 nitrogen and oxygen atoms in total. The first-order valence-corrected chi connectivity index (χ1v) is 12.4. The number of nitrogens with zero attached hydrogens (tertiary/aromatic N) is 4. The van der Waals surface area contributed by atoms with Crippen molar-refractivity contribution in [3.63, 3.8) is 0 Å². The van der Waals surface area contributed by atoms with Gasteiger partial charge in [-0.2, -0.15) is 0 Å². The lowest BCUT2D eigenvalue weighted by Gasteiger charge is -2.08. The van der Waals surface area contributed by atoms with Gasteiger partial charge in [0, 0.05) is 20.7 Å². The maximum Gasteiger partial charge on any atom is 0.260 e. The minimum atomic E-state index is -0.0927. The lowest BCUT2D eigenvalue weighted by molar-refractivity contribution is 0.688. The molecule has 0 radical (unpaired) electrons. The molecule has 0 unspecified atom stereocenters. The van der Waals surface area contributed by atoms with E-state index >= 15 is 0 Å². The van der Waals surface area contributed by atoms with Gasteiger partial charge in [0.15, 0.2) is 5.16 Å². The quantitative estimate of drug-likeness (QED) is 0.346. The van der Waals surface area contributed by atoms with Gasteiger partial charge in [-0.25, -0.2) is 4.98 Å². The lowest BCUT2D eigenvalue weighted by Crippen LogP contribution is -2.11. The average Bonchev–Trinajstić information content (AvgIpc) is 3.47. The van der Waals surface area contributed by atoms with Gasteiger partial charge in [0.1, 0.15) is 16.5 Å². The largest absolute Gasteiger partial charge is 0.309 e. The van der Waals surface area contributed by atoms with Crippen LogP contribution in [0.1, 0.15) is 22.1 Å². The Hall–Kier alpha value is -2.75. The van der Waals surface area contributed by atoms with Crippen LogP contribution < -0.4 is 5.56 Å². The molecule has 0 spiro atoms. The third-order valence-corrected chi connectivity index (χ3v) is 7.81. The number of aryl methyl sites for hydroxylation is 2. The Morgan fingerprint density at radius 2 is 1.94 bits per heavy atom. The summed E-state index contributed by atoms with van der Waals surface area (Å²) in [6.07, 6.45) is 0. The highest BCUT2D eigenvalue weighted by molar-refractivity contribution is 7.98. The van der Waals surface area contributed by atoms with E-state index in [0.29, 0.717) is 23.5 Å². The molecule has 5 aromatic rings. The molecular formula is C22H19N5OS3. The third-order valence-electron chi connectivity index (χ3n) is 4.92. The fourth-order valence-electron chi connectivity index (χ4n) is 3.37. The van der Waals surface area contributed by atoms with Crippen LogP contribution in [0.3, 0.4) is 0 Å². The first-order chi connectivity index (χ1) is 15.1. The number of fused-ring (bicyclic) bond motifs is 1. The smallest absolute Gasteiger partial charge is 0.260 e. The molecule has 0 aliphatic rings. The molecule has 1 N–H and O–H groups in total. The maximum absolute atomic E-state index is 12.9. The molecule has 0 bridgehead atoms. The van der Waals surface area contributed by atoms with Crippen LogP contribution in [0.25, 0.3) is 20.7 Å². The standard InChI is InChI=1S/C22H19N5OS3/c1-13-8-9-17(31-13)16-11-29-21-19(16)20(28)23-18(24-21)12-30-22-26-25-14(2)27(22)10-15-6-4-3-5-7-15/h3-9,11H,10,12H2,1-2H3,(H,23,24,28). The van der Waals surface area contributed by atoms with E-state index in [1.165, 1.54) is 33.5 Å². The molecule has 0 saturated carbocycles. The van der Waals surface area contributed by atoms with Crippen molar-refractivity contribution >= 4 is 44.7 Å². The molecule has 31 heavy (non-hydrogen) atoms. The number of rotatable bonds is 6. The topological polar surface area (TPSA) is 76.5 Å². The number of aromatic amines is 1. The maximum atomic E-state index is 12.9. The second-order valence-electron chi connectivity index (χ2n) is 7.14. The highest BCUT2D eigenvalue weighted by Gasteiger charge is 2.16. The van der Waals surface area contributed by atoms with Crippen molar-refractivity contribution in [3.8, 4) is 10.4 Å². The fraction of sp³-hybridized carbons (Fsp3) is 0.182. The van der Waals surface area contributed by atoms with Gasteiger partial charge in [-0.3, -0.25) is 4.79 Å². The van der Waals surface area contributed by atoms with Crippen molar-refractivity contribution in [2.24, 2.45) is 0 Å². The summed E-state index contributed by atoms with van der Waals surface area (Å²) >= 11 is 4.73. The predicted octanol–water partition coefficient (Wildman–Crippen LogP) is 5.26. The fourth-order valence-corrected chi connectivity index (χ4v) is 6.15. The first kappa shape index (κ1) is 20.2. The van der Waals surface area contributed by atoms with Crippen LogP contribution in [0.4, 0.5) is 0 Å². The van der Waals surface area contributed by atoms with Gasteiger partial charge >= 0.3 is 0 Å². The normalized spacial score (nSPS) is 11.4. The van der Waals surface area contributed by atoms with Crippen molar-refractivity contribution < 1.29 is 0 Å². The molecular weight excluding hydrogens is 446 g/mol. The molecule has 0 amide bonds. The Morgan fingerprint density at radius 3 is 2.71 bits per heavy atom. The summed E-state index contributed by atoms with van der Waals surface area (Å²) in [5.74, 6) is 2.02. The van der Waals surface area contributed by atoms with Crippen LogP contribution in [0.2, 0.25) is 0 Å². The number of aromatic nitrogens is 5. The van der Waals surface area contributed by atoms with E-state index in [1.54, 1.807) is 11.3 Å². The summed E-state index contributed by atoms with van der Waals surface area (Å²) in [6, 6.07) is 14.4. The van der Waals surface area contributed by atoms with Gasteiger partial charge in [-0.05, 0) is 31.5 Å². The Kier molecular flexibility index (Phi) is 5.47. The first-order valence-electron chi connectivity index (χ1n) is 9.72. The molecule has 1 aromatic carbocycles. The van der Waals surface area contributed by atoms with Crippen LogP contribution in [-0.2, 0) is 12.3 Å². The van der Waals surface area contributed by atoms with Gasteiger partial charge in [0.05, 0.1) is 17.7 Å². The van der Waals surface area contributed by atoms with E-state index in [-0.39, 0.29) is 5.56 Å². The third kappa shape index (κ3) is 4.08. The van der Waals surface area contributed by atoms with Crippen molar-refractivity contribution in [2.45, 2.75) is 31.3 Å². The van der Waals surface area contributed by atoms with Crippen molar-refractivity contribution in [2.75, 3.05) is 0 Å². The van der Waals surface area contributed by atoms with Crippen LogP contribution in [0, 0.1) is 13.8 Å². The zero-order valence-corrected chi connectivity index (χ0v) is 19.4. The predicted molar refractivity (Wildman–Crippen MR) is 128 cm³/mol. The number of benzene rings is 1. The Balaban J connectivity index is 1.39. The van der Waals surface area contributed by atoms with E-state index in [4.69, 9.17) is 4.98 Å². The molecule has 4 aromatic heterocycles. The Bertz CT molecular complexity index is 1410. The van der Waals surface area contributed by atoms with Gasteiger partial charge in [-0.15, -0.1) is 32.9 Å². The van der Waals surface area contributed by atoms with Crippen molar-refractivity contribution in [1.29, 1.82) is 0 Å². The number of H-pyrrole nitrogens is 1. The van der Waals surface area contributed by atoms with Crippen LogP contribution in [-0.4, -0.2) is 24.7 Å². The number of nitrogens with one attached hydrogen (secondary N) is 1. The number of thioether (sulfide) groups is 1. The molecule has 0 saturated heterocycles. The van der Waals surface area contributed by atoms with Crippen LogP contribution in [0.15, 0.2) is 57.8 Å². The van der Waals surface area contributed by atoms with E-state index in [9.17, 15) is 4.79 Å². The van der Waals surface area contributed by atoms with Crippen LogP contribution in [0.5, 0.6) is 0 Å². The van der Waals surface area contributed by atoms with Gasteiger partial charge in [0.25, 0.3) is 5.56 Å². The number of thiophene rings is 2. The molecule has 0 fully saturated rings.